The van der Waals surface area contributed by atoms with E-state index in [0.29, 0.717) is 27.5 Å². The molecular formula is C21H18BrClN4O2. The van der Waals surface area contributed by atoms with Gasteiger partial charge in [-0.05, 0) is 40.0 Å². The number of aromatic nitrogens is 4. The average Bonchev–Trinajstić information content (AvgIpc) is 3.02. The van der Waals surface area contributed by atoms with Gasteiger partial charge in [-0.3, -0.25) is 13.9 Å². The largest absolute Gasteiger partial charge is 0.332 e. The van der Waals surface area contributed by atoms with Crippen LogP contribution in [0.25, 0.3) is 11.2 Å². The smallest absolute Gasteiger partial charge is 0.308 e. The quantitative estimate of drug-likeness (QED) is 0.425. The number of aryl methyl sites for hydroxylation is 2. The maximum absolute atomic E-state index is 13.3. The maximum atomic E-state index is 13.3. The highest BCUT2D eigenvalue weighted by atomic mass is 79.9. The zero-order valence-corrected chi connectivity index (χ0v) is 18.2. The van der Waals surface area contributed by atoms with Crippen LogP contribution in [0.4, 0.5) is 0 Å². The van der Waals surface area contributed by atoms with Crippen LogP contribution in [0.2, 0.25) is 5.02 Å². The van der Waals surface area contributed by atoms with E-state index in [1.165, 1.54) is 9.13 Å². The van der Waals surface area contributed by atoms with Gasteiger partial charge in [0.2, 0.25) is 0 Å². The Bertz CT molecular complexity index is 1350. The van der Waals surface area contributed by atoms with Gasteiger partial charge in [0.05, 0.1) is 13.1 Å². The Labute approximate surface area is 180 Å². The van der Waals surface area contributed by atoms with E-state index in [9.17, 15) is 9.59 Å². The number of hydrogen-bond acceptors (Lipinski definition) is 3. The third-order valence-corrected chi connectivity index (χ3v) is 5.87. The molecule has 8 heteroatoms. The fourth-order valence-corrected chi connectivity index (χ4v) is 4.08. The first-order chi connectivity index (χ1) is 13.9. The summed E-state index contributed by atoms with van der Waals surface area (Å²) in [5.41, 5.74) is 2.71. The van der Waals surface area contributed by atoms with E-state index in [-0.39, 0.29) is 12.1 Å². The zero-order chi connectivity index (χ0) is 20.7. The summed E-state index contributed by atoms with van der Waals surface area (Å²) in [4.78, 5) is 30.6. The lowest BCUT2D eigenvalue weighted by Crippen LogP contribution is -2.40. The molecule has 2 heterocycles. The van der Waals surface area contributed by atoms with E-state index in [4.69, 9.17) is 11.6 Å². The predicted molar refractivity (Wildman–Crippen MR) is 118 cm³/mol. The Balaban J connectivity index is 1.92. The third-order valence-electron chi connectivity index (χ3n) is 4.90. The molecular weight excluding hydrogens is 456 g/mol. The molecule has 0 fully saturated rings. The lowest BCUT2D eigenvalue weighted by Gasteiger charge is -2.11. The molecule has 0 saturated heterocycles. The van der Waals surface area contributed by atoms with Crippen molar-refractivity contribution in [2.75, 3.05) is 0 Å². The molecule has 148 valence electrons. The van der Waals surface area contributed by atoms with Crippen molar-refractivity contribution in [3.63, 3.8) is 0 Å². The van der Waals surface area contributed by atoms with Crippen LogP contribution in [0.15, 0.2) is 62.9 Å². The third kappa shape index (κ3) is 3.56. The fraction of sp³-hybridized carbons (Fsp3) is 0.190. The normalized spacial score (nSPS) is 11.3. The summed E-state index contributed by atoms with van der Waals surface area (Å²) in [5.74, 6) is 0. The summed E-state index contributed by atoms with van der Waals surface area (Å²) in [5, 5.41) is 0.603. The predicted octanol–water partition coefficient (Wildman–Crippen LogP) is 3.72. The number of nitrogens with zero attached hydrogens (tertiary/aromatic N) is 4. The Kier molecular flexibility index (Phi) is 5.19. The number of imidazole rings is 1. The van der Waals surface area contributed by atoms with Gasteiger partial charge in [0.25, 0.3) is 5.56 Å². The van der Waals surface area contributed by atoms with Crippen LogP contribution in [0.5, 0.6) is 0 Å². The Hall–Kier alpha value is -2.64. The minimum Gasteiger partial charge on any atom is -0.308 e. The number of hydrogen-bond donors (Lipinski definition) is 0. The molecule has 4 rings (SSSR count). The molecule has 0 N–H and O–H groups in total. The monoisotopic (exact) mass is 472 g/mol. The first-order valence-electron chi connectivity index (χ1n) is 9.01. The Morgan fingerprint density at radius 1 is 1.03 bits per heavy atom. The van der Waals surface area contributed by atoms with Gasteiger partial charge in [0.1, 0.15) is 0 Å². The maximum Gasteiger partial charge on any atom is 0.332 e. The van der Waals surface area contributed by atoms with E-state index < -0.39 is 5.69 Å². The van der Waals surface area contributed by atoms with Crippen molar-refractivity contribution in [1.29, 1.82) is 0 Å². The topological polar surface area (TPSA) is 61.8 Å². The highest BCUT2D eigenvalue weighted by molar-refractivity contribution is 9.10. The molecule has 0 unspecified atom stereocenters. The van der Waals surface area contributed by atoms with E-state index in [0.717, 1.165) is 16.7 Å². The van der Waals surface area contributed by atoms with Crippen molar-refractivity contribution in [3.8, 4) is 0 Å². The van der Waals surface area contributed by atoms with E-state index in [1.54, 1.807) is 17.7 Å². The van der Waals surface area contributed by atoms with Crippen molar-refractivity contribution in [1.82, 2.24) is 18.7 Å². The van der Waals surface area contributed by atoms with Crippen molar-refractivity contribution >= 4 is 38.7 Å². The summed E-state index contributed by atoms with van der Waals surface area (Å²) in [7, 11) is 1.62. The van der Waals surface area contributed by atoms with Gasteiger partial charge >= 0.3 is 5.69 Å². The number of benzene rings is 2. The van der Waals surface area contributed by atoms with Crippen LogP contribution in [-0.4, -0.2) is 18.7 Å². The van der Waals surface area contributed by atoms with Crippen molar-refractivity contribution < 1.29 is 0 Å². The first kappa shape index (κ1) is 19.7. The SMILES string of the molecule is Cc1cccc(Cn2c(=O)c3c(nc(Br)n3Cc3ccccc3Cl)n(C)c2=O)c1. The van der Waals surface area contributed by atoms with Crippen LogP contribution in [-0.2, 0) is 20.1 Å². The standard InChI is InChI=1S/C21H18BrClN4O2/c1-13-6-5-7-14(10-13)11-27-19(28)17-18(25(2)21(27)29)24-20(22)26(17)12-15-8-3-4-9-16(15)23/h3-10H,11-12H2,1-2H3. The van der Waals surface area contributed by atoms with Gasteiger partial charge in [0, 0.05) is 12.1 Å². The summed E-state index contributed by atoms with van der Waals surface area (Å²) in [6.45, 7) is 2.52. The van der Waals surface area contributed by atoms with Gasteiger partial charge in [-0.2, -0.15) is 0 Å². The van der Waals surface area contributed by atoms with Gasteiger partial charge < -0.3 is 4.57 Å². The number of fused-ring (bicyclic) bond motifs is 1. The summed E-state index contributed by atoms with van der Waals surface area (Å²) in [6, 6.07) is 15.2. The highest BCUT2D eigenvalue weighted by Crippen LogP contribution is 2.22. The van der Waals surface area contributed by atoms with Crippen molar-refractivity contribution in [3.05, 3.63) is 95.8 Å². The van der Waals surface area contributed by atoms with Crippen LogP contribution in [0.1, 0.15) is 16.7 Å². The molecule has 6 nitrogen and oxygen atoms in total. The second-order valence-corrected chi connectivity index (χ2v) is 8.07. The Morgan fingerprint density at radius 2 is 1.79 bits per heavy atom. The van der Waals surface area contributed by atoms with Crippen LogP contribution in [0, 0.1) is 6.92 Å². The lowest BCUT2D eigenvalue weighted by molar-refractivity contribution is 0.653. The average molecular weight is 474 g/mol. The minimum atomic E-state index is -0.404. The molecule has 0 aliphatic heterocycles. The van der Waals surface area contributed by atoms with E-state index in [1.807, 2.05) is 49.4 Å². The lowest BCUT2D eigenvalue weighted by atomic mass is 10.1. The molecule has 0 saturated carbocycles. The van der Waals surface area contributed by atoms with Crippen molar-refractivity contribution in [2.24, 2.45) is 7.05 Å². The molecule has 4 aromatic rings. The minimum absolute atomic E-state index is 0.192. The van der Waals surface area contributed by atoms with Gasteiger partial charge in [-0.15, -0.1) is 0 Å². The van der Waals surface area contributed by atoms with Gasteiger partial charge in [-0.1, -0.05) is 59.6 Å². The second kappa shape index (κ2) is 7.65. The summed E-state index contributed by atoms with van der Waals surface area (Å²) in [6.07, 6.45) is 0. The molecule has 29 heavy (non-hydrogen) atoms. The molecule has 0 radical (unpaired) electrons. The zero-order valence-electron chi connectivity index (χ0n) is 15.9. The van der Waals surface area contributed by atoms with E-state index >= 15 is 0 Å². The number of halogens is 2. The second-order valence-electron chi connectivity index (χ2n) is 6.95. The van der Waals surface area contributed by atoms with Gasteiger partial charge in [0.15, 0.2) is 15.9 Å². The molecule has 0 spiro atoms. The van der Waals surface area contributed by atoms with Crippen LogP contribution < -0.4 is 11.2 Å². The molecule has 0 amide bonds. The molecule has 0 bridgehead atoms. The molecule has 0 aliphatic carbocycles. The van der Waals surface area contributed by atoms with Crippen LogP contribution >= 0.6 is 27.5 Å². The Morgan fingerprint density at radius 3 is 2.52 bits per heavy atom. The molecule has 0 atom stereocenters. The van der Waals surface area contributed by atoms with E-state index in [2.05, 4.69) is 20.9 Å². The highest BCUT2D eigenvalue weighted by Gasteiger charge is 2.20. The molecule has 2 aromatic carbocycles. The fourth-order valence-electron chi connectivity index (χ4n) is 3.42. The first-order valence-corrected chi connectivity index (χ1v) is 10.2. The van der Waals surface area contributed by atoms with Crippen LogP contribution in [0.3, 0.4) is 0 Å². The summed E-state index contributed by atoms with van der Waals surface area (Å²) >= 11 is 9.74. The van der Waals surface area contributed by atoms with Crippen molar-refractivity contribution in [2.45, 2.75) is 20.0 Å². The number of rotatable bonds is 4. The van der Waals surface area contributed by atoms with Gasteiger partial charge in [-0.25, -0.2) is 9.78 Å². The molecule has 2 aromatic heterocycles. The molecule has 0 aliphatic rings. The summed E-state index contributed by atoms with van der Waals surface area (Å²) < 4.78 is 4.85.